The molecule has 0 radical (unpaired) electrons. The number of benzene rings is 2. The lowest BCUT2D eigenvalue weighted by Crippen LogP contribution is -2.12. The second-order valence-corrected chi connectivity index (χ2v) is 5.48. The number of hydrogen-bond acceptors (Lipinski definition) is 3. The van der Waals surface area contributed by atoms with Crippen molar-refractivity contribution in [3.8, 4) is 0 Å². The first-order valence-electron chi connectivity index (χ1n) is 7.22. The Kier molecular flexibility index (Phi) is 2.82. The van der Waals surface area contributed by atoms with Gasteiger partial charge >= 0.3 is 0 Å². The van der Waals surface area contributed by atoms with Crippen LogP contribution in [0.25, 0.3) is 21.8 Å². The number of aryl methyl sites for hydroxylation is 1. The number of rotatable bonds is 3. The Labute approximate surface area is 127 Å². The summed E-state index contributed by atoms with van der Waals surface area (Å²) in [5.41, 5.74) is 3.25. The molecule has 0 unspecified atom stereocenters. The van der Waals surface area contributed by atoms with Crippen molar-refractivity contribution >= 4 is 27.5 Å². The second-order valence-electron chi connectivity index (χ2n) is 5.48. The fraction of sp³-hybridized carbons (Fsp3) is 0.111. The molecule has 0 atom stereocenters. The topological polar surface area (TPSA) is 46.9 Å². The maximum absolute atomic E-state index is 12.6. The van der Waals surface area contributed by atoms with E-state index in [0.717, 1.165) is 21.9 Å². The number of hydrogen-bond donors (Lipinski definition) is 1. The van der Waals surface area contributed by atoms with Crippen LogP contribution in [-0.2, 0) is 13.6 Å². The van der Waals surface area contributed by atoms with Gasteiger partial charge in [0.15, 0.2) is 0 Å². The van der Waals surface area contributed by atoms with Crippen LogP contribution in [0.4, 0.5) is 5.69 Å². The third kappa shape index (κ3) is 1.92. The molecule has 0 bridgehead atoms. The van der Waals surface area contributed by atoms with Crippen LogP contribution in [0.15, 0.2) is 59.7 Å². The minimum atomic E-state index is -0.0374. The van der Waals surface area contributed by atoms with E-state index in [-0.39, 0.29) is 5.43 Å². The summed E-state index contributed by atoms with van der Waals surface area (Å²) >= 11 is 0. The van der Waals surface area contributed by atoms with Gasteiger partial charge in [-0.15, -0.1) is 0 Å². The van der Waals surface area contributed by atoms with Crippen LogP contribution < -0.4 is 10.7 Å². The summed E-state index contributed by atoms with van der Waals surface area (Å²) in [6.07, 6.45) is 3.75. The molecule has 2 aromatic heterocycles. The zero-order valence-electron chi connectivity index (χ0n) is 12.2. The van der Waals surface area contributed by atoms with E-state index >= 15 is 0 Å². The van der Waals surface area contributed by atoms with E-state index in [2.05, 4.69) is 10.3 Å². The van der Waals surface area contributed by atoms with Crippen LogP contribution in [0.3, 0.4) is 0 Å². The molecule has 4 rings (SSSR count). The highest BCUT2D eigenvalue weighted by atomic mass is 16.1. The molecule has 4 nitrogen and oxygen atoms in total. The quantitative estimate of drug-likeness (QED) is 0.630. The Balaban J connectivity index is 1.83. The zero-order valence-corrected chi connectivity index (χ0v) is 12.2. The molecule has 4 heteroatoms. The molecule has 0 amide bonds. The molecule has 2 heterocycles. The van der Waals surface area contributed by atoms with E-state index < -0.39 is 0 Å². The maximum atomic E-state index is 12.6. The van der Waals surface area contributed by atoms with E-state index in [1.165, 1.54) is 0 Å². The Morgan fingerprint density at radius 2 is 2.00 bits per heavy atom. The highest BCUT2D eigenvalue weighted by molar-refractivity contribution is 6.09. The molecule has 0 aliphatic carbocycles. The maximum Gasteiger partial charge on any atom is 0.227 e. The monoisotopic (exact) mass is 289 g/mol. The lowest BCUT2D eigenvalue weighted by molar-refractivity contribution is 0.956. The van der Waals surface area contributed by atoms with Crippen LogP contribution in [0.1, 0.15) is 5.56 Å². The van der Waals surface area contributed by atoms with Crippen molar-refractivity contribution in [2.24, 2.45) is 7.05 Å². The average molecular weight is 289 g/mol. The molecule has 0 saturated heterocycles. The summed E-state index contributed by atoms with van der Waals surface area (Å²) in [6.45, 7) is 0.619. The predicted molar refractivity (Wildman–Crippen MR) is 89.4 cm³/mol. The SMILES string of the molecule is Cn1ccc2cnc3c(=O)c(NCc4ccccc4)cc1c23. The van der Waals surface area contributed by atoms with Gasteiger partial charge in [-0.05, 0) is 17.7 Å². The standard InChI is InChI=1S/C18H15N3O/c1-21-8-7-13-11-20-17-16(13)15(21)9-14(18(17)22)19-10-12-5-3-2-4-6-12/h2-9,11,19H,10H2,1H3. The van der Waals surface area contributed by atoms with E-state index in [0.29, 0.717) is 17.7 Å². The van der Waals surface area contributed by atoms with Crippen molar-refractivity contribution in [1.82, 2.24) is 9.55 Å². The molecule has 0 aliphatic rings. The van der Waals surface area contributed by atoms with E-state index in [9.17, 15) is 4.79 Å². The Bertz CT molecular complexity index is 1010. The van der Waals surface area contributed by atoms with Gasteiger partial charge in [-0.1, -0.05) is 30.3 Å². The first kappa shape index (κ1) is 12.8. The molecule has 0 aliphatic heterocycles. The number of pyridine rings is 1. The first-order valence-corrected chi connectivity index (χ1v) is 7.22. The summed E-state index contributed by atoms with van der Waals surface area (Å²) in [5.74, 6) is 0. The lowest BCUT2D eigenvalue weighted by atomic mass is 10.1. The lowest BCUT2D eigenvalue weighted by Gasteiger charge is -2.10. The number of nitrogens with one attached hydrogen (secondary N) is 1. The van der Waals surface area contributed by atoms with Gasteiger partial charge in [-0.25, -0.2) is 0 Å². The van der Waals surface area contributed by atoms with Gasteiger partial charge in [0.25, 0.3) is 0 Å². The Hall–Kier alpha value is -2.88. The molecule has 0 spiro atoms. The normalized spacial score (nSPS) is 11.3. The van der Waals surface area contributed by atoms with Crippen molar-refractivity contribution < 1.29 is 0 Å². The van der Waals surface area contributed by atoms with Gasteiger partial charge in [0, 0.05) is 36.8 Å². The molecular formula is C18H15N3O. The Morgan fingerprint density at radius 3 is 2.82 bits per heavy atom. The highest BCUT2D eigenvalue weighted by Gasteiger charge is 2.13. The minimum Gasteiger partial charge on any atom is -0.378 e. The van der Waals surface area contributed by atoms with Crippen LogP contribution in [0.5, 0.6) is 0 Å². The van der Waals surface area contributed by atoms with Crippen molar-refractivity contribution in [3.63, 3.8) is 0 Å². The minimum absolute atomic E-state index is 0.0374. The van der Waals surface area contributed by atoms with E-state index in [4.69, 9.17) is 0 Å². The molecule has 4 aromatic rings. The molecule has 2 aromatic carbocycles. The summed E-state index contributed by atoms with van der Waals surface area (Å²) in [4.78, 5) is 16.9. The van der Waals surface area contributed by atoms with Gasteiger partial charge in [-0.3, -0.25) is 9.78 Å². The van der Waals surface area contributed by atoms with Crippen LogP contribution in [0.2, 0.25) is 0 Å². The number of anilines is 1. The molecular weight excluding hydrogens is 274 g/mol. The predicted octanol–water partition coefficient (Wildman–Crippen LogP) is 3.14. The fourth-order valence-electron chi connectivity index (χ4n) is 2.84. The second kappa shape index (κ2) is 4.84. The van der Waals surface area contributed by atoms with Crippen molar-refractivity contribution in [2.45, 2.75) is 6.54 Å². The van der Waals surface area contributed by atoms with E-state index in [1.54, 1.807) is 6.20 Å². The van der Waals surface area contributed by atoms with Crippen molar-refractivity contribution in [1.29, 1.82) is 0 Å². The zero-order chi connectivity index (χ0) is 15.1. The average Bonchev–Trinajstić information content (AvgIpc) is 2.98. The van der Waals surface area contributed by atoms with Crippen LogP contribution in [-0.4, -0.2) is 9.55 Å². The molecule has 0 saturated carbocycles. The first-order chi connectivity index (χ1) is 10.7. The van der Waals surface area contributed by atoms with Crippen molar-refractivity contribution in [2.75, 3.05) is 5.32 Å². The fourth-order valence-corrected chi connectivity index (χ4v) is 2.84. The van der Waals surface area contributed by atoms with Gasteiger partial charge in [0.1, 0.15) is 5.52 Å². The van der Waals surface area contributed by atoms with Gasteiger partial charge < -0.3 is 9.88 Å². The molecule has 108 valence electrons. The van der Waals surface area contributed by atoms with Gasteiger partial charge in [0.2, 0.25) is 5.43 Å². The highest BCUT2D eigenvalue weighted by Crippen LogP contribution is 2.26. The van der Waals surface area contributed by atoms with E-state index in [1.807, 2.05) is 60.3 Å². The smallest absolute Gasteiger partial charge is 0.227 e. The van der Waals surface area contributed by atoms with Gasteiger partial charge in [-0.2, -0.15) is 0 Å². The third-order valence-electron chi connectivity index (χ3n) is 4.04. The summed E-state index contributed by atoms with van der Waals surface area (Å²) in [6, 6.07) is 13.9. The number of nitrogens with zero attached hydrogens (tertiary/aromatic N) is 2. The largest absolute Gasteiger partial charge is 0.378 e. The van der Waals surface area contributed by atoms with Crippen molar-refractivity contribution in [3.05, 3.63) is 70.6 Å². The summed E-state index contributed by atoms with van der Waals surface area (Å²) < 4.78 is 2.02. The number of aromatic nitrogens is 2. The van der Waals surface area contributed by atoms with Gasteiger partial charge in [0.05, 0.1) is 11.2 Å². The van der Waals surface area contributed by atoms with Crippen LogP contribution in [0, 0.1) is 0 Å². The Morgan fingerprint density at radius 1 is 1.18 bits per heavy atom. The third-order valence-corrected chi connectivity index (χ3v) is 4.04. The summed E-state index contributed by atoms with van der Waals surface area (Å²) in [7, 11) is 1.98. The summed E-state index contributed by atoms with van der Waals surface area (Å²) in [5, 5.41) is 5.20. The molecule has 22 heavy (non-hydrogen) atoms. The van der Waals surface area contributed by atoms with Crippen LogP contribution >= 0.6 is 0 Å². The molecule has 1 N–H and O–H groups in total. The molecule has 0 fully saturated rings.